The fourth-order valence-corrected chi connectivity index (χ4v) is 2.61. The summed E-state index contributed by atoms with van der Waals surface area (Å²) in [6.45, 7) is 8.14. The first kappa shape index (κ1) is 16.0. The number of amides is 1. The molecule has 5 nitrogen and oxygen atoms in total. The molecule has 0 radical (unpaired) electrons. The number of carboxylic acid groups (broad SMARTS) is 1. The van der Waals surface area contributed by atoms with Crippen molar-refractivity contribution in [2.45, 2.75) is 40.0 Å². The second-order valence-electron chi connectivity index (χ2n) is 5.78. The molecule has 5 heteroatoms. The Labute approximate surface area is 115 Å². The van der Waals surface area contributed by atoms with Gasteiger partial charge in [0, 0.05) is 13.1 Å². The highest BCUT2D eigenvalue weighted by molar-refractivity contribution is 5.79. The van der Waals surface area contributed by atoms with E-state index in [0.29, 0.717) is 32.6 Å². The first-order valence-electron chi connectivity index (χ1n) is 7.15. The zero-order valence-corrected chi connectivity index (χ0v) is 12.2. The van der Waals surface area contributed by atoms with Gasteiger partial charge in [0.05, 0.1) is 12.0 Å². The number of hydrogen-bond donors (Lipinski definition) is 2. The smallest absolute Gasteiger partial charge is 0.311 e. The maximum absolute atomic E-state index is 11.7. The summed E-state index contributed by atoms with van der Waals surface area (Å²) in [5.74, 6) is -0.659. The number of unbranched alkanes of at least 4 members (excludes halogenated alkanes) is 1. The molecule has 1 unspecified atom stereocenters. The Bertz CT molecular complexity index is 331. The van der Waals surface area contributed by atoms with Crippen molar-refractivity contribution in [3.05, 3.63) is 0 Å². The van der Waals surface area contributed by atoms with E-state index in [4.69, 9.17) is 0 Å². The van der Waals surface area contributed by atoms with Gasteiger partial charge in [0.25, 0.3) is 0 Å². The van der Waals surface area contributed by atoms with Crippen LogP contribution in [0.3, 0.4) is 0 Å². The molecule has 2 N–H and O–H groups in total. The Hall–Kier alpha value is -1.10. The lowest BCUT2D eigenvalue weighted by Crippen LogP contribution is -2.42. The van der Waals surface area contributed by atoms with Gasteiger partial charge in [-0.1, -0.05) is 27.2 Å². The fourth-order valence-electron chi connectivity index (χ4n) is 2.61. The summed E-state index contributed by atoms with van der Waals surface area (Å²) in [5, 5.41) is 12.3. The first-order chi connectivity index (χ1) is 8.92. The number of aliphatic carboxylic acids is 1. The minimum atomic E-state index is -0.739. The lowest BCUT2D eigenvalue weighted by molar-refractivity contribution is -0.151. The summed E-state index contributed by atoms with van der Waals surface area (Å²) < 4.78 is 0. The van der Waals surface area contributed by atoms with E-state index in [2.05, 4.69) is 12.2 Å². The van der Waals surface area contributed by atoms with Crippen LogP contribution < -0.4 is 5.32 Å². The highest BCUT2D eigenvalue weighted by Crippen LogP contribution is 2.37. The molecule has 1 aliphatic rings. The molecule has 0 spiro atoms. The van der Waals surface area contributed by atoms with Gasteiger partial charge in [-0.3, -0.25) is 14.5 Å². The molecule has 110 valence electrons. The van der Waals surface area contributed by atoms with Crippen molar-refractivity contribution >= 4 is 11.9 Å². The number of carboxylic acids is 1. The largest absolute Gasteiger partial charge is 0.481 e. The third-order valence-corrected chi connectivity index (χ3v) is 4.13. The molecule has 19 heavy (non-hydrogen) atoms. The number of nitrogens with one attached hydrogen (secondary N) is 1. The SMILES string of the molecule is CCCCNC(=O)CN1CCC(C(=O)O)(C(C)C)C1. The lowest BCUT2D eigenvalue weighted by Gasteiger charge is -2.28. The van der Waals surface area contributed by atoms with Crippen LogP contribution in [0.4, 0.5) is 0 Å². The van der Waals surface area contributed by atoms with E-state index in [-0.39, 0.29) is 11.8 Å². The quantitative estimate of drug-likeness (QED) is 0.685. The Morgan fingerprint density at radius 1 is 1.42 bits per heavy atom. The van der Waals surface area contributed by atoms with Crippen LogP contribution in [0.15, 0.2) is 0 Å². The van der Waals surface area contributed by atoms with Crippen LogP contribution in [0, 0.1) is 11.3 Å². The summed E-state index contributed by atoms with van der Waals surface area (Å²) >= 11 is 0. The standard InChI is InChI=1S/C14H26N2O3/c1-4-5-7-15-12(17)9-16-8-6-14(10-16,11(2)3)13(18)19/h11H,4-10H2,1-3H3,(H,15,17)(H,18,19). The van der Waals surface area contributed by atoms with Crippen LogP contribution >= 0.6 is 0 Å². The van der Waals surface area contributed by atoms with Gasteiger partial charge in [-0.15, -0.1) is 0 Å². The second-order valence-corrected chi connectivity index (χ2v) is 5.78. The van der Waals surface area contributed by atoms with Gasteiger partial charge in [0.2, 0.25) is 5.91 Å². The third kappa shape index (κ3) is 3.93. The normalized spacial score (nSPS) is 23.8. The molecule has 0 saturated carbocycles. The van der Waals surface area contributed by atoms with E-state index in [1.54, 1.807) is 0 Å². The van der Waals surface area contributed by atoms with Gasteiger partial charge in [-0.2, -0.15) is 0 Å². The highest BCUT2D eigenvalue weighted by atomic mass is 16.4. The number of likely N-dealkylation sites (tertiary alicyclic amines) is 1. The van der Waals surface area contributed by atoms with E-state index < -0.39 is 11.4 Å². The second kappa shape index (κ2) is 6.89. The van der Waals surface area contributed by atoms with Crippen LogP contribution in [-0.2, 0) is 9.59 Å². The number of carbonyl (C=O) groups excluding carboxylic acids is 1. The van der Waals surface area contributed by atoms with Crippen molar-refractivity contribution < 1.29 is 14.7 Å². The van der Waals surface area contributed by atoms with Gasteiger partial charge in [0.15, 0.2) is 0 Å². The summed E-state index contributed by atoms with van der Waals surface area (Å²) in [6, 6.07) is 0. The molecule has 1 atom stereocenters. The predicted octanol–water partition coefficient (Wildman–Crippen LogP) is 1.34. The van der Waals surface area contributed by atoms with Crippen molar-refractivity contribution in [1.29, 1.82) is 0 Å². The van der Waals surface area contributed by atoms with Crippen molar-refractivity contribution in [3.8, 4) is 0 Å². The van der Waals surface area contributed by atoms with Gasteiger partial charge < -0.3 is 10.4 Å². The maximum atomic E-state index is 11.7. The molecule has 1 amide bonds. The first-order valence-corrected chi connectivity index (χ1v) is 7.15. The number of carbonyl (C=O) groups is 2. The summed E-state index contributed by atoms with van der Waals surface area (Å²) in [4.78, 5) is 25.2. The van der Waals surface area contributed by atoms with E-state index in [9.17, 15) is 14.7 Å². The topological polar surface area (TPSA) is 69.6 Å². The molecule has 0 aromatic heterocycles. The van der Waals surface area contributed by atoms with Crippen LogP contribution in [0.25, 0.3) is 0 Å². The molecule has 1 saturated heterocycles. The minimum absolute atomic E-state index is 0.00149. The average Bonchev–Trinajstić information content (AvgIpc) is 2.74. The number of hydrogen-bond acceptors (Lipinski definition) is 3. The lowest BCUT2D eigenvalue weighted by atomic mass is 9.76. The van der Waals surface area contributed by atoms with E-state index in [1.165, 1.54) is 0 Å². The molecule has 0 aromatic carbocycles. The van der Waals surface area contributed by atoms with E-state index >= 15 is 0 Å². The van der Waals surface area contributed by atoms with Crippen molar-refractivity contribution in [1.82, 2.24) is 10.2 Å². The Kier molecular flexibility index (Phi) is 5.79. The molecule has 1 rings (SSSR count). The van der Waals surface area contributed by atoms with Crippen molar-refractivity contribution in [2.75, 3.05) is 26.2 Å². The highest BCUT2D eigenvalue weighted by Gasteiger charge is 2.47. The molecule has 1 aliphatic heterocycles. The van der Waals surface area contributed by atoms with E-state index in [1.807, 2.05) is 18.7 Å². The monoisotopic (exact) mass is 270 g/mol. The molecular formula is C14H26N2O3. The Morgan fingerprint density at radius 2 is 2.11 bits per heavy atom. The molecule has 1 fully saturated rings. The Balaban J connectivity index is 2.47. The fraction of sp³-hybridized carbons (Fsp3) is 0.857. The summed E-state index contributed by atoms with van der Waals surface area (Å²) in [6.07, 6.45) is 2.67. The van der Waals surface area contributed by atoms with Gasteiger partial charge in [0.1, 0.15) is 0 Å². The summed E-state index contributed by atoms with van der Waals surface area (Å²) in [5.41, 5.74) is -0.691. The maximum Gasteiger partial charge on any atom is 0.311 e. The van der Waals surface area contributed by atoms with Gasteiger partial charge in [-0.25, -0.2) is 0 Å². The van der Waals surface area contributed by atoms with Gasteiger partial charge in [-0.05, 0) is 25.3 Å². The number of nitrogens with zero attached hydrogens (tertiary/aromatic N) is 1. The summed E-state index contributed by atoms with van der Waals surface area (Å²) in [7, 11) is 0. The van der Waals surface area contributed by atoms with Gasteiger partial charge >= 0.3 is 5.97 Å². The zero-order chi connectivity index (χ0) is 14.5. The molecule has 0 bridgehead atoms. The van der Waals surface area contributed by atoms with Crippen LogP contribution in [0.2, 0.25) is 0 Å². The van der Waals surface area contributed by atoms with Crippen LogP contribution in [0.1, 0.15) is 40.0 Å². The van der Waals surface area contributed by atoms with Crippen LogP contribution in [-0.4, -0.2) is 48.1 Å². The molecule has 0 aliphatic carbocycles. The molecular weight excluding hydrogens is 244 g/mol. The Morgan fingerprint density at radius 3 is 2.58 bits per heavy atom. The molecule has 1 heterocycles. The average molecular weight is 270 g/mol. The zero-order valence-electron chi connectivity index (χ0n) is 12.2. The van der Waals surface area contributed by atoms with E-state index in [0.717, 1.165) is 12.8 Å². The number of rotatable bonds is 7. The minimum Gasteiger partial charge on any atom is -0.481 e. The van der Waals surface area contributed by atoms with Crippen molar-refractivity contribution in [3.63, 3.8) is 0 Å². The van der Waals surface area contributed by atoms with Crippen molar-refractivity contribution in [2.24, 2.45) is 11.3 Å². The van der Waals surface area contributed by atoms with Crippen LogP contribution in [0.5, 0.6) is 0 Å². The third-order valence-electron chi connectivity index (χ3n) is 4.13. The molecule has 0 aromatic rings. The predicted molar refractivity (Wildman–Crippen MR) is 73.9 cm³/mol.